The van der Waals surface area contributed by atoms with E-state index in [1.54, 1.807) is 0 Å². The van der Waals surface area contributed by atoms with Gasteiger partial charge in [-0.1, -0.05) is 0 Å². The Kier molecular flexibility index (Phi) is 10.2. The first-order chi connectivity index (χ1) is 4.00. The smallest absolute Gasteiger partial charge is 0.828 e. The van der Waals surface area contributed by atoms with Crippen molar-refractivity contribution in [3.05, 3.63) is 0 Å². The second-order valence-electron chi connectivity index (χ2n) is 1.06. The zero-order valence-corrected chi connectivity index (χ0v) is 9.98. The Morgan fingerprint density at radius 2 is 1.09 bits per heavy atom. The Morgan fingerprint density at radius 1 is 1.09 bits per heavy atom. The van der Waals surface area contributed by atoms with Crippen LogP contribution in [0.15, 0.2) is 0 Å². The molecule has 0 aliphatic carbocycles. The minimum absolute atomic E-state index is 0. The third-order valence-electron chi connectivity index (χ3n) is 0. The molecule has 0 bridgehead atoms. The van der Waals surface area contributed by atoms with E-state index < -0.39 is 16.9 Å². The number of hydrogen-bond acceptors (Lipinski definition) is 5. The van der Waals surface area contributed by atoms with E-state index in [4.69, 9.17) is 38.4 Å². The summed E-state index contributed by atoms with van der Waals surface area (Å²) in [7, 11) is -9.75. The molecule has 5 N–H and O–H groups in total. The molecule has 64 valence electrons. The predicted molar refractivity (Wildman–Crippen MR) is 24.5 cm³/mol. The van der Waals surface area contributed by atoms with Crippen LogP contribution in [0.4, 0.5) is 0 Å². The Bertz CT molecular complexity index is 106. The topological polar surface area (TPSA) is 164 Å². The van der Waals surface area contributed by atoms with Crippen LogP contribution in [0, 0.1) is 0 Å². The molecule has 0 rings (SSSR count). The van der Waals surface area contributed by atoms with Gasteiger partial charge < -0.3 is 33.9 Å². The molecular formula is H5O8PSiZn. The molecular weight excluding hydrogens is 252 g/mol. The fourth-order valence-corrected chi connectivity index (χ4v) is 0. The first-order valence-corrected chi connectivity index (χ1v) is 4.91. The standard InChI is InChI=1S/H3O4P.H2O4Si.Zn/c2*1-5(2,3)4;/h(H3,1,2,3,4);1-2H;/q;-2;+2. The van der Waals surface area contributed by atoms with E-state index in [-0.39, 0.29) is 19.5 Å². The third kappa shape index (κ3) is 1340. The Labute approximate surface area is 75.2 Å². The SMILES string of the molecule is O=P(O)(O)O.[O-][Si]([O-])(O)O.[Zn+2]. The molecule has 0 spiro atoms. The van der Waals surface area contributed by atoms with Gasteiger partial charge in [0.2, 0.25) is 0 Å². The van der Waals surface area contributed by atoms with E-state index in [0.717, 1.165) is 0 Å². The molecule has 0 saturated carbocycles. The van der Waals surface area contributed by atoms with Gasteiger partial charge >= 0.3 is 27.3 Å². The average Bonchev–Trinajstić information content (AvgIpc) is 1.12. The second kappa shape index (κ2) is 6.32. The zero-order chi connectivity index (χ0) is 9.00. The molecule has 0 radical (unpaired) electrons. The van der Waals surface area contributed by atoms with Crippen LogP contribution in [-0.4, -0.2) is 33.3 Å². The molecule has 0 saturated heterocycles. The molecule has 0 atom stereocenters. The van der Waals surface area contributed by atoms with Crippen molar-refractivity contribution < 1.29 is 57.9 Å². The van der Waals surface area contributed by atoms with Crippen LogP contribution < -0.4 is 9.59 Å². The molecule has 0 aromatic heterocycles. The summed E-state index contributed by atoms with van der Waals surface area (Å²) in [6.45, 7) is 0. The van der Waals surface area contributed by atoms with Crippen LogP contribution in [0.5, 0.6) is 0 Å². The van der Waals surface area contributed by atoms with E-state index >= 15 is 0 Å². The van der Waals surface area contributed by atoms with Crippen LogP contribution in [0.25, 0.3) is 0 Å². The molecule has 11 heavy (non-hydrogen) atoms. The van der Waals surface area contributed by atoms with Crippen LogP contribution in [-0.2, 0) is 24.0 Å². The Balaban J connectivity index is -0.000000107. The molecule has 11 heteroatoms. The van der Waals surface area contributed by atoms with Crippen LogP contribution in [0.3, 0.4) is 0 Å². The maximum Gasteiger partial charge on any atom is 2.00 e. The van der Waals surface area contributed by atoms with E-state index in [2.05, 4.69) is 0 Å². The number of rotatable bonds is 0. The average molecular weight is 257 g/mol. The summed E-state index contributed by atoms with van der Waals surface area (Å²) in [4.78, 5) is 53.4. The van der Waals surface area contributed by atoms with E-state index in [9.17, 15) is 0 Å². The summed E-state index contributed by atoms with van der Waals surface area (Å²) >= 11 is 0. The van der Waals surface area contributed by atoms with E-state index in [1.807, 2.05) is 0 Å². The van der Waals surface area contributed by atoms with Gasteiger partial charge in [-0.2, -0.15) is 0 Å². The summed E-state index contributed by atoms with van der Waals surface area (Å²) in [6, 6.07) is 0. The van der Waals surface area contributed by atoms with Gasteiger partial charge in [-0.3, -0.25) is 0 Å². The molecule has 0 fully saturated rings. The summed E-state index contributed by atoms with van der Waals surface area (Å²) in [6.07, 6.45) is 0. The number of hydrogen-bond donors (Lipinski definition) is 5. The fraction of sp³-hybridized carbons (Fsp3) is 0. The zero-order valence-electron chi connectivity index (χ0n) is 5.12. The Morgan fingerprint density at radius 3 is 1.09 bits per heavy atom. The maximum atomic E-state index is 8.88. The molecule has 8 nitrogen and oxygen atoms in total. The van der Waals surface area contributed by atoms with Crippen LogP contribution >= 0.6 is 7.82 Å². The second-order valence-corrected chi connectivity index (χ2v) is 3.19. The minimum atomic E-state index is -5.11. The van der Waals surface area contributed by atoms with Crippen molar-refractivity contribution in [2.24, 2.45) is 0 Å². The summed E-state index contributed by atoms with van der Waals surface area (Å²) in [5.74, 6) is 0. The van der Waals surface area contributed by atoms with E-state index in [1.165, 1.54) is 0 Å². The molecule has 0 aliphatic heterocycles. The fourth-order valence-electron chi connectivity index (χ4n) is 0. The summed E-state index contributed by atoms with van der Waals surface area (Å²) in [5.41, 5.74) is 0. The van der Waals surface area contributed by atoms with Gasteiger partial charge in [0.25, 0.3) is 0 Å². The van der Waals surface area contributed by atoms with Gasteiger partial charge in [0, 0.05) is 0 Å². The van der Waals surface area contributed by atoms with Crippen molar-refractivity contribution in [1.29, 1.82) is 0 Å². The monoisotopic (exact) mass is 256 g/mol. The van der Waals surface area contributed by atoms with Gasteiger partial charge in [-0.05, 0) is 0 Å². The first kappa shape index (κ1) is 17.8. The van der Waals surface area contributed by atoms with Gasteiger partial charge in [-0.25, -0.2) is 4.57 Å². The third-order valence-corrected chi connectivity index (χ3v) is 0. The van der Waals surface area contributed by atoms with Crippen molar-refractivity contribution >= 4 is 16.9 Å². The van der Waals surface area contributed by atoms with Gasteiger partial charge in [0.1, 0.15) is 9.05 Å². The van der Waals surface area contributed by atoms with Crippen LogP contribution in [0.2, 0.25) is 0 Å². The molecule has 0 unspecified atom stereocenters. The predicted octanol–water partition coefficient (Wildman–Crippen LogP) is -4.80. The molecule has 0 aromatic carbocycles. The summed E-state index contributed by atoms with van der Waals surface area (Å²) in [5, 5.41) is 0. The van der Waals surface area contributed by atoms with E-state index in [0.29, 0.717) is 0 Å². The normalized spacial score (nSPS) is 10.8. The van der Waals surface area contributed by atoms with Crippen molar-refractivity contribution in [3.8, 4) is 0 Å². The number of phosphoric acid groups is 1. The van der Waals surface area contributed by atoms with Crippen molar-refractivity contribution in [2.75, 3.05) is 0 Å². The van der Waals surface area contributed by atoms with Gasteiger partial charge in [0.15, 0.2) is 0 Å². The molecule has 0 aromatic rings. The summed E-state index contributed by atoms with van der Waals surface area (Å²) < 4.78 is 8.88. The first-order valence-electron chi connectivity index (χ1n) is 1.64. The maximum absolute atomic E-state index is 8.88. The quantitative estimate of drug-likeness (QED) is 0.213. The van der Waals surface area contributed by atoms with Gasteiger partial charge in [-0.15, -0.1) is 0 Å². The molecule has 0 amide bonds. The van der Waals surface area contributed by atoms with Crippen molar-refractivity contribution in [1.82, 2.24) is 0 Å². The molecule has 0 aliphatic rings. The van der Waals surface area contributed by atoms with Crippen LogP contribution in [0.1, 0.15) is 0 Å². The van der Waals surface area contributed by atoms with Gasteiger partial charge in [0.05, 0.1) is 0 Å². The minimum Gasteiger partial charge on any atom is -0.828 e. The largest absolute Gasteiger partial charge is 2.00 e. The van der Waals surface area contributed by atoms with Crippen molar-refractivity contribution in [2.45, 2.75) is 0 Å². The Hall–Kier alpha value is 0.790. The molecule has 0 heterocycles. The van der Waals surface area contributed by atoms with Crippen molar-refractivity contribution in [3.63, 3.8) is 0 Å².